The summed E-state index contributed by atoms with van der Waals surface area (Å²) in [5.41, 5.74) is 5.83. The van der Waals surface area contributed by atoms with Crippen LogP contribution in [0.15, 0.2) is 24.3 Å². The lowest BCUT2D eigenvalue weighted by Gasteiger charge is -2.03. The molecule has 0 fully saturated rings. The van der Waals surface area contributed by atoms with Gasteiger partial charge >= 0.3 is 0 Å². The van der Waals surface area contributed by atoms with Crippen molar-refractivity contribution >= 4 is 38.6 Å². The summed E-state index contributed by atoms with van der Waals surface area (Å²) in [5.74, 6) is -0.361. The van der Waals surface area contributed by atoms with Crippen molar-refractivity contribution in [2.45, 2.75) is 5.75 Å². The summed E-state index contributed by atoms with van der Waals surface area (Å²) in [7, 11) is -3.28. The number of nitrogens with two attached hydrogens (primary N) is 1. The number of halogens is 1. The molecule has 0 saturated carbocycles. The van der Waals surface area contributed by atoms with Gasteiger partial charge in [0.05, 0.1) is 10.7 Å². The van der Waals surface area contributed by atoms with Crippen molar-refractivity contribution in [2.24, 2.45) is 5.73 Å². The molecule has 0 atom stereocenters. The van der Waals surface area contributed by atoms with Gasteiger partial charge in [-0.25, -0.2) is 8.42 Å². The largest absolute Gasteiger partial charge is 0.392 e. The highest BCUT2D eigenvalue weighted by Gasteiger charge is 2.13. The Hall–Kier alpha value is -0.650. The second kappa shape index (κ2) is 4.92. The third-order valence-corrected chi connectivity index (χ3v) is 3.72. The molecule has 0 aromatic heterocycles. The Bertz CT molecular complexity index is 471. The van der Waals surface area contributed by atoms with E-state index in [1.807, 2.05) is 0 Å². The Balaban J connectivity index is 2.82. The molecule has 1 aromatic carbocycles. The second-order valence-electron chi connectivity index (χ2n) is 3.13. The highest BCUT2D eigenvalue weighted by molar-refractivity contribution is 7.93. The van der Waals surface area contributed by atoms with E-state index in [-0.39, 0.29) is 16.5 Å². The zero-order valence-corrected chi connectivity index (χ0v) is 10.2. The van der Waals surface area contributed by atoms with Gasteiger partial charge in [-0.15, -0.1) is 0 Å². The predicted molar refractivity (Wildman–Crippen MR) is 65.7 cm³/mol. The van der Waals surface area contributed by atoms with Crippen LogP contribution in [0.4, 0.5) is 0 Å². The number of benzene rings is 1. The number of sulfone groups is 1. The highest BCUT2D eigenvalue weighted by atomic mass is 35.5. The average Bonchev–Trinajstić information content (AvgIpc) is 1.99. The lowest BCUT2D eigenvalue weighted by Crippen LogP contribution is -2.22. The summed E-state index contributed by atoms with van der Waals surface area (Å²) in [6.07, 6.45) is 0. The Morgan fingerprint density at radius 2 is 2.13 bits per heavy atom. The summed E-state index contributed by atoms with van der Waals surface area (Å²) < 4.78 is 23.0. The van der Waals surface area contributed by atoms with Gasteiger partial charge in [0, 0.05) is 5.02 Å². The number of hydrogen-bond acceptors (Lipinski definition) is 3. The van der Waals surface area contributed by atoms with Gasteiger partial charge in [0.25, 0.3) is 0 Å². The second-order valence-corrected chi connectivity index (χ2v) is 6.15. The third-order valence-electron chi connectivity index (χ3n) is 1.64. The van der Waals surface area contributed by atoms with E-state index >= 15 is 0 Å². The van der Waals surface area contributed by atoms with Crippen LogP contribution in [-0.2, 0) is 15.6 Å². The summed E-state index contributed by atoms with van der Waals surface area (Å²) >= 11 is 10.3. The minimum atomic E-state index is -3.28. The molecule has 0 aliphatic rings. The zero-order chi connectivity index (χ0) is 11.5. The maximum atomic E-state index is 11.5. The van der Waals surface area contributed by atoms with Gasteiger partial charge in [0.2, 0.25) is 0 Å². The van der Waals surface area contributed by atoms with E-state index in [4.69, 9.17) is 17.3 Å². The van der Waals surface area contributed by atoms with Gasteiger partial charge in [-0.3, -0.25) is 0 Å². The smallest absolute Gasteiger partial charge is 0.160 e. The Morgan fingerprint density at radius 3 is 2.67 bits per heavy atom. The fourth-order valence-electron chi connectivity index (χ4n) is 1.15. The molecule has 0 aliphatic carbocycles. The van der Waals surface area contributed by atoms with E-state index in [1.54, 1.807) is 24.3 Å². The van der Waals surface area contributed by atoms with Crippen LogP contribution >= 0.6 is 23.8 Å². The fourth-order valence-corrected chi connectivity index (χ4v) is 3.12. The van der Waals surface area contributed by atoms with Crippen molar-refractivity contribution in [3.63, 3.8) is 0 Å². The van der Waals surface area contributed by atoms with Gasteiger partial charge in [0.1, 0.15) is 5.75 Å². The molecule has 82 valence electrons. The first-order chi connectivity index (χ1) is 6.89. The molecule has 2 N–H and O–H groups in total. The third kappa shape index (κ3) is 4.59. The van der Waals surface area contributed by atoms with Crippen LogP contribution in [-0.4, -0.2) is 19.2 Å². The summed E-state index contributed by atoms with van der Waals surface area (Å²) in [5, 5.41) is 0.512. The lowest BCUT2D eigenvalue weighted by atomic mass is 10.2. The minimum absolute atomic E-state index is 0.0166. The van der Waals surface area contributed by atoms with Gasteiger partial charge < -0.3 is 5.73 Å². The van der Waals surface area contributed by atoms with Crippen molar-refractivity contribution in [3.05, 3.63) is 34.9 Å². The predicted octanol–water partition coefficient (Wildman–Crippen LogP) is 1.54. The summed E-state index contributed by atoms with van der Waals surface area (Å²) in [6.45, 7) is 0. The monoisotopic (exact) mass is 263 g/mol. The van der Waals surface area contributed by atoms with E-state index in [1.165, 1.54) is 0 Å². The Labute approximate surface area is 99.2 Å². The van der Waals surface area contributed by atoms with E-state index in [0.717, 1.165) is 0 Å². The SMILES string of the molecule is NC(=S)CS(=O)(=O)Cc1cccc(Cl)c1. The topological polar surface area (TPSA) is 60.2 Å². The first-order valence-corrected chi connectivity index (χ1v) is 6.73. The molecule has 0 aliphatic heterocycles. The standard InChI is InChI=1S/C9H10ClNO2S2/c10-8-3-1-2-7(4-8)5-15(12,13)6-9(11)14/h1-4H,5-6H2,(H2,11,14). The van der Waals surface area contributed by atoms with Crippen LogP contribution in [0.1, 0.15) is 5.56 Å². The molecule has 0 amide bonds. The molecule has 0 unspecified atom stereocenters. The summed E-state index contributed by atoms with van der Waals surface area (Å²) in [6, 6.07) is 6.70. The van der Waals surface area contributed by atoms with E-state index in [0.29, 0.717) is 10.6 Å². The quantitative estimate of drug-likeness (QED) is 0.838. The summed E-state index contributed by atoms with van der Waals surface area (Å²) in [4.78, 5) is -0.0166. The van der Waals surface area contributed by atoms with Crippen molar-refractivity contribution in [3.8, 4) is 0 Å². The molecule has 0 radical (unpaired) electrons. The minimum Gasteiger partial charge on any atom is -0.392 e. The first-order valence-electron chi connectivity index (χ1n) is 4.12. The Morgan fingerprint density at radius 1 is 1.47 bits per heavy atom. The zero-order valence-electron chi connectivity index (χ0n) is 7.81. The van der Waals surface area contributed by atoms with Gasteiger partial charge in [-0.05, 0) is 17.7 Å². The lowest BCUT2D eigenvalue weighted by molar-refractivity contribution is 0.599. The maximum Gasteiger partial charge on any atom is 0.160 e. The molecule has 15 heavy (non-hydrogen) atoms. The fraction of sp³-hybridized carbons (Fsp3) is 0.222. The molecule has 1 aromatic rings. The van der Waals surface area contributed by atoms with Gasteiger partial charge in [0.15, 0.2) is 9.84 Å². The van der Waals surface area contributed by atoms with E-state index < -0.39 is 9.84 Å². The molecule has 0 spiro atoms. The molecule has 1 rings (SSSR count). The highest BCUT2D eigenvalue weighted by Crippen LogP contribution is 2.13. The van der Waals surface area contributed by atoms with Crippen molar-refractivity contribution in [1.29, 1.82) is 0 Å². The molecule has 0 saturated heterocycles. The molecular weight excluding hydrogens is 254 g/mol. The molecular formula is C9H10ClNO2S2. The van der Waals surface area contributed by atoms with Crippen molar-refractivity contribution in [1.82, 2.24) is 0 Å². The first kappa shape index (κ1) is 12.4. The van der Waals surface area contributed by atoms with Crippen LogP contribution in [0.2, 0.25) is 5.02 Å². The van der Waals surface area contributed by atoms with Crippen LogP contribution < -0.4 is 5.73 Å². The number of rotatable bonds is 4. The average molecular weight is 264 g/mol. The van der Waals surface area contributed by atoms with Crippen LogP contribution in [0.3, 0.4) is 0 Å². The maximum absolute atomic E-state index is 11.5. The van der Waals surface area contributed by atoms with Gasteiger partial charge in [-0.1, -0.05) is 36.0 Å². The van der Waals surface area contributed by atoms with Crippen LogP contribution in [0.5, 0.6) is 0 Å². The molecule has 3 nitrogen and oxygen atoms in total. The molecule has 6 heteroatoms. The van der Waals surface area contributed by atoms with E-state index in [9.17, 15) is 8.42 Å². The van der Waals surface area contributed by atoms with Crippen LogP contribution in [0.25, 0.3) is 0 Å². The van der Waals surface area contributed by atoms with Crippen LogP contribution in [0, 0.1) is 0 Å². The molecule has 0 bridgehead atoms. The van der Waals surface area contributed by atoms with E-state index in [2.05, 4.69) is 12.2 Å². The van der Waals surface area contributed by atoms with Gasteiger partial charge in [-0.2, -0.15) is 0 Å². The molecule has 0 heterocycles. The van der Waals surface area contributed by atoms with Crippen molar-refractivity contribution < 1.29 is 8.42 Å². The number of thiocarbonyl (C=S) groups is 1. The normalized spacial score (nSPS) is 11.3. The number of hydrogen-bond donors (Lipinski definition) is 1. The van der Waals surface area contributed by atoms with Crippen molar-refractivity contribution in [2.75, 3.05) is 5.75 Å². The Kier molecular flexibility index (Phi) is 4.07.